The summed E-state index contributed by atoms with van der Waals surface area (Å²) in [4.78, 5) is 27.2. The van der Waals surface area contributed by atoms with Crippen LogP contribution in [0.1, 0.15) is 31.5 Å². The van der Waals surface area contributed by atoms with E-state index in [2.05, 4.69) is 9.97 Å². The number of hydrogen-bond donors (Lipinski definition) is 3. The maximum absolute atomic E-state index is 11.3. The quantitative estimate of drug-likeness (QED) is 0.403. The number of anilines is 1. The van der Waals surface area contributed by atoms with Crippen LogP contribution in [0.4, 0.5) is 5.69 Å². The predicted molar refractivity (Wildman–Crippen MR) is 98.3 cm³/mol. The highest BCUT2D eigenvalue weighted by Crippen LogP contribution is 2.25. The number of nitrogens with one attached hydrogen (secondary N) is 2. The lowest BCUT2D eigenvalue weighted by molar-refractivity contribution is 0.183. The van der Waals surface area contributed by atoms with Crippen molar-refractivity contribution in [3.63, 3.8) is 0 Å². The van der Waals surface area contributed by atoms with Crippen LogP contribution in [0.25, 0.3) is 0 Å². The monoisotopic (exact) mass is 375 g/mol. The standard InChI is InChI=1S/C17H18ClN5O3/c1-3-15(26-9-12-6-16(24)22-17(25)21-12)10(2)23(20)13-5-4-11(8-19)14(18)7-13/h4-7H,3,9,20H2,1-2H3,(H2,21,22,24,25)/b15-10+. The average Bonchev–Trinajstić information content (AvgIpc) is 2.60. The van der Waals surface area contributed by atoms with Gasteiger partial charge in [0.05, 0.1) is 27.7 Å². The number of aromatic amines is 2. The number of ether oxygens (including phenoxy) is 1. The Morgan fingerprint density at radius 2 is 2.08 bits per heavy atom. The van der Waals surface area contributed by atoms with Crippen LogP contribution < -0.4 is 22.1 Å². The second-order valence-electron chi connectivity index (χ2n) is 5.41. The molecule has 0 spiro atoms. The first-order chi connectivity index (χ1) is 12.3. The van der Waals surface area contributed by atoms with Crippen molar-refractivity contribution in [1.82, 2.24) is 9.97 Å². The number of nitrogens with zero attached hydrogens (tertiary/aromatic N) is 2. The van der Waals surface area contributed by atoms with Crippen LogP contribution in [0.5, 0.6) is 0 Å². The van der Waals surface area contributed by atoms with E-state index in [-0.39, 0.29) is 6.61 Å². The summed E-state index contributed by atoms with van der Waals surface area (Å²) in [5.74, 6) is 6.71. The molecule has 0 amide bonds. The van der Waals surface area contributed by atoms with Crippen LogP contribution in [-0.2, 0) is 11.3 Å². The van der Waals surface area contributed by atoms with Gasteiger partial charge in [0.25, 0.3) is 5.56 Å². The maximum atomic E-state index is 11.3. The zero-order valence-electron chi connectivity index (χ0n) is 14.3. The fourth-order valence-electron chi connectivity index (χ4n) is 2.30. The molecule has 1 aromatic carbocycles. The van der Waals surface area contributed by atoms with E-state index in [0.29, 0.717) is 39.8 Å². The molecular weight excluding hydrogens is 358 g/mol. The summed E-state index contributed by atoms with van der Waals surface area (Å²) in [6, 6.07) is 8.09. The number of nitriles is 1. The lowest BCUT2D eigenvalue weighted by atomic mass is 10.2. The number of hydrazine groups is 1. The van der Waals surface area contributed by atoms with E-state index >= 15 is 0 Å². The second kappa shape index (κ2) is 8.38. The van der Waals surface area contributed by atoms with Gasteiger partial charge in [-0.05, 0) is 25.1 Å². The topological polar surface area (TPSA) is 128 Å². The van der Waals surface area contributed by atoms with Crippen molar-refractivity contribution in [1.29, 1.82) is 5.26 Å². The number of benzene rings is 1. The van der Waals surface area contributed by atoms with Gasteiger partial charge in [-0.15, -0.1) is 0 Å². The van der Waals surface area contributed by atoms with Gasteiger partial charge in [-0.1, -0.05) is 18.5 Å². The first kappa shape index (κ1) is 19.3. The molecule has 2 aromatic rings. The maximum Gasteiger partial charge on any atom is 0.326 e. The highest BCUT2D eigenvalue weighted by atomic mass is 35.5. The number of aromatic nitrogens is 2. The minimum atomic E-state index is -0.595. The number of rotatable bonds is 6. The average molecular weight is 376 g/mol. The first-order valence-corrected chi connectivity index (χ1v) is 8.13. The second-order valence-corrected chi connectivity index (χ2v) is 5.82. The number of hydrogen-bond acceptors (Lipinski definition) is 6. The molecule has 0 aliphatic heterocycles. The molecule has 8 nitrogen and oxygen atoms in total. The van der Waals surface area contributed by atoms with E-state index in [4.69, 9.17) is 27.4 Å². The molecule has 0 saturated heterocycles. The minimum Gasteiger partial charge on any atom is -0.490 e. The van der Waals surface area contributed by atoms with Crippen LogP contribution in [0.15, 0.2) is 45.3 Å². The van der Waals surface area contributed by atoms with Crippen LogP contribution in [0.3, 0.4) is 0 Å². The largest absolute Gasteiger partial charge is 0.490 e. The zero-order valence-corrected chi connectivity index (χ0v) is 15.1. The van der Waals surface area contributed by atoms with Gasteiger partial charge in [-0.3, -0.25) is 14.8 Å². The van der Waals surface area contributed by atoms with E-state index in [9.17, 15) is 9.59 Å². The number of nitrogens with two attached hydrogens (primary N) is 1. The molecule has 26 heavy (non-hydrogen) atoms. The van der Waals surface area contributed by atoms with Gasteiger partial charge in [-0.2, -0.15) is 5.26 Å². The Hall–Kier alpha value is -3.02. The lowest BCUT2D eigenvalue weighted by Gasteiger charge is -2.23. The summed E-state index contributed by atoms with van der Waals surface area (Å²) >= 11 is 6.04. The summed E-state index contributed by atoms with van der Waals surface area (Å²) in [6.07, 6.45) is 0.539. The summed E-state index contributed by atoms with van der Waals surface area (Å²) in [7, 11) is 0. The van der Waals surface area contributed by atoms with Gasteiger partial charge in [0.15, 0.2) is 0 Å². The molecule has 0 radical (unpaired) electrons. The third-order valence-electron chi connectivity index (χ3n) is 3.66. The van der Waals surface area contributed by atoms with E-state index in [0.717, 1.165) is 0 Å². The lowest BCUT2D eigenvalue weighted by Crippen LogP contribution is -2.30. The number of allylic oxidation sites excluding steroid dienone is 2. The molecule has 0 bridgehead atoms. The van der Waals surface area contributed by atoms with Crippen LogP contribution in [0.2, 0.25) is 5.02 Å². The Bertz CT molecular complexity index is 959. The molecule has 0 fully saturated rings. The Kier molecular flexibility index (Phi) is 6.22. The summed E-state index contributed by atoms with van der Waals surface area (Å²) < 4.78 is 5.72. The number of halogens is 1. The van der Waals surface area contributed by atoms with E-state index in [1.807, 2.05) is 13.0 Å². The van der Waals surface area contributed by atoms with Crippen molar-refractivity contribution in [3.8, 4) is 6.07 Å². The molecule has 0 unspecified atom stereocenters. The van der Waals surface area contributed by atoms with Gasteiger partial charge < -0.3 is 9.72 Å². The van der Waals surface area contributed by atoms with Gasteiger partial charge in [0.2, 0.25) is 0 Å². The molecular formula is C17H18ClN5O3. The molecule has 1 heterocycles. The molecule has 1 aromatic heterocycles. The molecule has 0 atom stereocenters. The van der Waals surface area contributed by atoms with Crippen LogP contribution in [0, 0.1) is 11.3 Å². The SMILES string of the molecule is CC/C(OCc1cc(=O)[nH]c(=O)[nH]1)=C(/C)N(N)c1ccc(C#N)c(Cl)c1. The van der Waals surface area contributed by atoms with Crippen LogP contribution >= 0.6 is 11.6 Å². The summed E-state index contributed by atoms with van der Waals surface area (Å²) in [5, 5.41) is 10.6. The highest BCUT2D eigenvalue weighted by molar-refractivity contribution is 6.32. The molecule has 4 N–H and O–H groups in total. The Labute approximate surface area is 154 Å². The Morgan fingerprint density at radius 1 is 1.35 bits per heavy atom. The minimum absolute atomic E-state index is 0.0155. The fourth-order valence-corrected chi connectivity index (χ4v) is 2.51. The Balaban J connectivity index is 2.23. The van der Waals surface area contributed by atoms with Gasteiger partial charge in [-0.25, -0.2) is 10.6 Å². The van der Waals surface area contributed by atoms with Crippen molar-refractivity contribution >= 4 is 17.3 Å². The molecule has 0 aliphatic carbocycles. The normalized spacial score (nSPS) is 11.5. The van der Waals surface area contributed by atoms with Gasteiger partial charge in [0, 0.05) is 12.5 Å². The summed E-state index contributed by atoms with van der Waals surface area (Å²) in [6.45, 7) is 3.67. The summed E-state index contributed by atoms with van der Waals surface area (Å²) in [5.41, 5.74) is 0.825. The van der Waals surface area contributed by atoms with Gasteiger partial charge >= 0.3 is 5.69 Å². The fraction of sp³-hybridized carbons (Fsp3) is 0.235. The zero-order chi connectivity index (χ0) is 19.3. The molecule has 9 heteroatoms. The first-order valence-electron chi connectivity index (χ1n) is 7.75. The van der Waals surface area contributed by atoms with Crippen molar-refractivity contribution in [2.45, 2.75) is 26.9 Å². The number of H-pyrrole nitrogens is 2. The highest BCUT2D eigenvalue weighted by Gasteiger charge is 2.12. The van der Waals surface area contributed by atoms with Crippen molar-refractivity contribution in [2.24, 2.45) is 5.84 Å². The third-order valence-corrected chi connectivity index (χ3v) is 3.97. The smallest absolute Gasteiger partial charge is 0.326 e. The Morgan fingerprint density at radius 3 is 2.65 bits per heavy atom. The molecule has 2 rings (SSSR count). The third kappa shape index (κ3) is 4.53. The van der Waals surface area contributed by atoms with Crippen molar-refractivity contribution in [3.05, 3.63) is 72.8 Å². The molecule has 136 valence electrons. The van der Waals surface area contributed by atoms with E-state index < -0.39 is 11.2 Å². The molecule has 0 aliphatic rings. The predicted octanol–water partition coefficient (Wildman–Crippen LogP) is 2.13. The van der Waals surface area contributed by atoms with E-state index in [1.165, 1.54) is 11.1 Å². The van der Waals surface area contributed by atoms with Gasteiger partial charge in [0.1, 0.15) is 18.4 Å². The molecule has 0 saturated carbocycles. The van der Waals surface area contributed by atoms with Crippen LogP contribution in [-0.4, -0.2) is 9.97 Å². The van der Waals surface area contributed by atoms with Crippen molar-refractivity contribution in [2.75, 3.05) is 5.01 Å². The van der Waals surface area contributed by atoms with Crippen molar-refractivity contribution < 1.29 is 4.74 Å². The van der Waals surface area contributed by atoms with E-state index in [1.54, 1.807) is 25.1 Å².